The zero-order valence-electron chi connectivity index (χ0n) is 17.3. The second kappa shape index (κ2) is 9.41. The van der Waals surface area contributed by atoms with Crippen molar-refractivity contribution in [3.63, 3.8) is 0 Å². The lowest BCUT2D eigenvalue weighted by Gasteiger charge is -2.13. The van der Waals surface area contributed by atoms with Crippen LogP contribution in [0.1, 0.15) is 16.9 Å². The predicted molar refractivity (Wildman–Crippen MR) is 136 cm³/mol. The molecule has 174 valence electrons. The van der Waals surface area contributed by atoms with Gasteiger partial charge in [-0.2, -0.15) is 0 Å². The molecule has 11 heteroatoms. The molecule has 0 atom stereocenters. The van der Waals surface area contributed by atoms with Crippen molar-refractivity contribution in [3.8, 4) is 5.69 Å². The molecule has 0 saturated carbocycles. The van der Waals surface area contributed by atoms with E-state index >= 15 is 0 Å². The van der Waals surface area contributed by atoms with Gasteiger partial charge in [-0.05, 0) is 71.1 Å². The van der Waals surface area contributed by atoms with E-state index in [2.05, 4.69) is 21.2 Å². The van der Waals surface area contributed by atoms with Crippen molar-refractivity contribution in [1.82, 2.24) is 9.55 Å². The molecule has 0 radical (unpaired) electrons. The van der Waals surface area contributed by atoms with E-state index in [0.29, 0.717) is 32.1 Å². The van der Waals surface area contributed by atoms with Crippen LogP contribution in [0.15, 0.2) is 50.8 Å². The molecular formula is C23H15BrClF2N3O2S2. The minimum Gasteiger partial charge on any atom is -0.322 e. The Labute approximate surface area is 214 Å². The van der Waals surface area contributed by atoms with Gasteiger partial charge >= 0.3 is 0 Å². The van der Waals surface area contributed by atoms with E-state index in [1.165, 1.54) is 20.8 Å². The number of halogens is 4. The number of thiophene rings is 1. The Morgan fingerprint density at radius 1 is 1.24 bits per heavy atom. The molecule has 1 N–H and O–H groups in total. The molecule has 2 aromatic heterocycles. The first kappa shape index (κ1) is 23.5. The van der Waals surface area contributed by atoms with Crippen LogP contribution in [0.25, 0.3) is 15.9 Å². The Balaban J connectivity index is 1.50. The van der Waals surface area contributed by atoms with Crippen molar-refractivity contribution in [3.05, 3.63) is 78.3 Å². The van der Waals surface area contributed by atoms with E-state index in [1.54, 1.807) is 24.3 Å². The summed E-state index contributed by atoms with van der Waals surface area (Å²) >= 11 is 11.7. The van der Waals surface area contributed by atoms with Gasteiger partial charge < -0.3 is 5.32 Å². The standard InChI is InChI=1S/C23H15BrClF2N3O2S2/c24-15-8-12(26)9-16(27)20(15)28-18(31)10-33-23-29-21-19(14-2-1-3-17(14)34-21)22(32)30(23)13-6-4-11(25)5-7-13/h4-9H,1-3,10H2,(H,28,31). The number of carbonyl (C=O) groups is 1. The highest BCUT2D eigenvalue weighted by Gasteiger charge is 2.24. The summed E-state index contributed by atoms with van der Waals surface area (Å²) in [5, 5.41) is 3.94. The van der Waals surface area contributed by atoms with Gasteiger partial charge in [-0.15, -0.1) is 11.3 Å². The van der Waals surface area contributed by atoms with E-state index in [4.69, 9.17) is 16.6 Å². The Morgan fingerprint density at radius 3 is 2.74 bits per heavy atom. The minimum atomic E-state index is -0.893. The number of nitrogens with one attached hydrogen (secondary N) is 1. The van der Waals surface area contributed by atoms with Crippen LogP contribution >= 0.6 is 50.6 Å². The summed E-state index contributed by atoms with van der Waals surface area (Å²) < 4.78 is 29.0. The molecule has 4 aromatic rings. The molecule has 2 aromatic carbocycles. The van der Waals surface area contributed by atoms with Crippen LogP contribution in [0.4, 0.5) is 14.5 Å². The molecule has 1 aliphatic rings. The zero-order valence-corrected chi connectivity index (χ0v) is 21.3. The number of anilines is 1. The lowest BCUT2D eigenvalue weighted by Crippen LogP contribution is -2.23. The first-order chi connectivity index (χ1) is 16.3. The van der Waals surface area contributed by atoms with Crippen molar-refractivity contribution in [1.29, 1.82) is 0 Å². The molecular weight excluding hydrogens is 568 g/mol. The van der Waals surface area contributed by atoms with Gasteiger partial charge in [0.25, 0.3) is 5.56 Å². The van der Waals surface area contributed by atoms with Gasteiger partial charge in [0.2, 0.25) is 5.91 Å². The van der Waals surface area contributed by atoms with Gasteiger partial charge in [0.1, 0.15) is 10.6 Å². The highest BCUT2D eigenvalue weighted by Crippen LogP contribution is 2.36. The fourth-order valence-corrected chi connectivity index (χ4v) is 6.66. The maximum atomic E-state index is 14.1. The number of benzene rings is 2. The molecule has 34 heavy (non-hydrogen) atoms. The zero-order chi connectivity index (χ0) is 24.0. The summed E-state index contributed by atoms with van der Waals surface area (Å²) in [6.45, 7) is 0. The SMILES string of the molecule is O=C(CSc1nc2sc3c(c2c(=O)n1-c1ccc(Cl)cc1)CCC3)Nc1c(F)cc(F)cc1Br. The maximum Gasteiger partial charge on any atom is 0.267 e. The molecule has 0 fully saturated rings. The highest BCUT2D eigenvalue weighted by atomic mass is 79.9. The van der Waals surface area contributed by atoms with E-state index in [1.807, 2.05) is 0 Å². The fraction of sp³-hybridized carbons (Fsp3) is 0.174. The van der Waals surface area contributed by atoms with Crippen LogP contribution in [-0.2, 0) is 17.6 Å². The largest absolute Gasteiger partial charge is 0.322 e. The van der Waals surface area contributed by atoms with Crippen LogP contribution in [-0.4, -0.2) is 21.2 Å². The van der Waals surface area contributed by atoms with Gasteiger partial charge in [-0.1, -0.05) is 23.4 Å². The number of hydrogen-bond donors (Lipinski definition) is 1. The van der Waals surface area contributed by atoms with Gasteiger partial charge in [0, 0.05) is 20.4 Å². The summed E-state index contributed by atoms with van der Waals surface area (Å²) in [7, 11) is 0. The van der Waals surface area contributed by atoms with Crippen molar-refractivity contribution < 1.29 is 13.6 Å². The molecule has 1 aliphatic carbocycles. The molecule has 2 heterocycles. The average Bonchev–Trinajstić information content (AvgIpc) is 3.37. The quantitative estimate of drug-likeness (QED) is 0.220. The third-order valence-electron chi connectivity index (χ3n) is 5.40. The second-order valence-corrected chi connectivity index (χ2v) is 10.9. The van der Waals surface area contributed by atoms with Gasteiger partial charge in [-0.25, -0.2) is 13.8 Å². The van der Waals surface area contributed by atoms with Crippen molar-refractivity contribution in [2.24, 2.45) is 0 Å². The predicted octanol–water partition coefficient (Wildman–Crippen LogP) is 6.36. The van der Waals surface area contributed by atoms with Crippen LogP contribution < -0.4 is 10.9 Å². The first-order valence-corrected chi connectivity index (χ1v) is 13.2. The maximum absolute atomic E-state index is 14.1. The van der Waals surface area contributed by atoms with E-state index in [0.717, 1.165) is 42.7 Å². The van der Waals surface area contributed by atoms with Crippen molar-refractivity contribution in [2.45, 2.75) is 24.4 Å². The lowest BCUT2D eigenvalue weighted by atomic mass is 10.2. The number of carbonyl (C=O) groups excluding carboxylic acids is 1. The lowest BCUT2D eigenvalue weighted by molar-refractivity contribution is -0.113. The minimum absolute atomic E-state index is 0.0917. The second-order valence-electron chi connectivity index (χ2n) is 7.63. The third kappa shape index (κ3) is 4.39. The highest BCUT2D eigenvalue weighted by molar-refractivity contribution is 9.10. The summed E-state index contributed by atoms with van der Waals surface area (Å²) in [6.07, 6.45) is 2.79. The van der Waals surface area contributed by atoms with Gasteiger partial charge in [-0.3, -0.25) is 14.2 Å². The number of rotatable bonds is 5. The van der Waals surface area contributed by atoms with E-state index in [-0.39, 0.29) is 21.5 Å². The molecule has 0 spiro atoms. The molecule has 1 amide bonds. The summed E-state index contributed by atoms with van der Waals surface area (Å²) in [6, 6.07) is 8.56. The van der Waals surface area contributed by atoms with Crippen molar-refractivity contribution in [2.75, 3.05) is 11.1 Å². The van der Waals surface area contributed by atoms with Crippen LogP contribution in [0.5, 0.6) is 0 Å². The average molecular weight is 583 g/mol. The number of thioether (sulfide) groups is 1. The number of aromatic nitrogens is 2. The summed E-state index contributed by atoms with van der Waals surface area (Å²) in [4.78, 5) is 32.7. The summed E-state index contributed by atoms with van der Waals surface area (Å²) in [5.41, 5.74) is 1.30. The van der Waals surface area contributed by atoms with Gasteiger partial charge in [0.15, 0.2) is 11.0 Å². The molecule has 5 rings (SSSR count). The Kier molecular flexibility index (Phi) is 6.49. The van der Waals surface area contributed by atoms with Crippen LogP contribution in [0.3, 0.4) is 0 Å². The molecule has 0 aliphatic heterocycles. The Hall–Kier alpha value is -2.27. The molecule has 0 unspecified atom stereocenters. The first-order valence-electron chi connectivity index (χ1n) is 10.2. The number of nitrogens with zero attached hydrogens (tertiary/aromatic N) is 2. The normalized spacial score (nSPS) is 12.8. The van der Waals surface area contributed by atoms with E-state index in [9.17, 15) is 18.4 Å². The Morgan fingerprint density at radius 2 is 2.00 bits per heavy atom. The van der Waals surface area contributed by atoms with Crippen LogP contribution in [0, 0.1) is 11.6 Å². The third-order valence-corrected chi connectivity index (χ3v) is 8.40. The van der Waals surface area contributed by atoms with Crippen LogP contribution in [0.2, 0.25) is 5.02 Å². The topological polar surface area (TPSA) is 64.0 Å². The molecule has 0 bridgehead atoms. The Bertz CT molecular complexity index is 1480. The summed E-state index contributed by atoms with van der Waals surface area (Å²) in [5.74, 6) is -2.32. The molecule has 5 nitrogen and oxygen atoms in total. The van der Waals surface area contributed by atoms with E-state index < -0.39 is 17.5 Å². The fourth-order valence-electron chi connectivity index (χ4n) is 3.91. The number of fused-ring (bicyclic) bond motifs is 3. The number of amides is 1. The molecule has 0 saturated heterocycles. The number of aryl methyl sites for hydroxylation is 2. The van der Waals surface area contributed by atoms with Crippen molar-refractivity contribution >= 4 is 72.4 Å². The smallest absolute Gasteiger partial charge is 0.267 e. The monoisotopic (exact) mass is 581 g/mol. The number of hydrogen-bond acceptors (Lipinski definition) is 5. The van der Waals surface area contributed by atoms with Gasteiger partial charge in [0.05, 0.1) is 22.5 Å².